The van der Waals surface area contributed by atoms with E-state index in [1.54, 1.807) is 12.1 Å². The van der Waals surface area contributed by atoms with E-state index in [4.69, 9.17) is 9.97 Å². The van der Waals surface area contributed by atoms with Crippen molar-refractivity contribution >= 4 is 28.0 Å². The molecule has 0 saturated carbocycles. The van der Waals surface area contributed by atoms with Gasteiger partial charge in [-0.3, -0.25) is 0 Å². The van der Waals surface area contributed by atoms with E-state index < -0.39 is 5.97 Å². The number of benzene rings is 4. The van der Waals surface area contributed by atoms with E-state index in [0.717, 1.165) is 68.8 Å². The smallest absolute Gasteiger partial charge is 0.545 e. The Bertz CT molecular complexity index is 1850. The summed E-state index contributed by atoms with van der Waals surface area (Å²) in [5.41, 5.74) is 9.20. The van der Waals surface area contributed by atoms with Gasteiger partial charge in [-0.05, 0) is 59.9 Å². The first-order valence-corrected chi connectivity index (χ1v) is 13.3. The molecule has 6 rings (SSSR count). The number of rotatable bonds is 7. The molecule has 0 spiro atoms. The summed E-state index contributed by atoms with van der Waals surface area (Å²) in [4.78, 5) is 21.6. The van der Waals surface area contributed by atoms with Gasteiger partial charge in [0.1, 0.15) is 11.6 Å². The predicted molar refractivity (Wildman–Crippen MR) is 153 cm³/mol. The maximum absolute atomic E-state index is 11.6. The summed E-state index contributed by atoms with van der Waals surface area (Å²) in [6.07, 6.45) is 1.88. The minimum absolute atomic E-state index is 0. The summed E-state index contributed by atoms with van der Waals surface area (Å²) in [5.74, 6) is 0.821. The van der Waals surface area contributed by atoms with Crippen molar-refractivity contribution in [3.63, 3.8) is 0 Å². The van der Waals surface area contributed by atoms with Gasteiger partial charge in [-0.2, -0.15) is 0 Å². The number of carbonyl (C=O) groups is 1. The fourth-order valence-electron chi connectivity index (χ4n) is 5.45. The number of fused-ring (bicyclic) bond motifs is 2. The number of hydrogen-bond donors (Lipinski definition) is 0. The van der Waals surface area contributed by atoms with Crippen molar-refractivity contribution in [1.29, 1.82) is 0 Å². The molecule has 2 aromatic heterocycles. The predicted octanol–water partition coefficient (Wildman–Crippen LogP) is 2.93. The van der Waals surface area contributed by atoms with Crippen LogP contribution in [0.25, 0.3) is 44.6 Å². The van der Waals surface area contributed by atoms with Crippen LogP contribution < -0.4 is 34.7 Å². The molecule has 0 saturated heterocycles. The Morgan fingerprint density at radius 3 is 2.33 bits per heavy atom. The number of imidazole rings is 2. The average Bonchev–Trinajstić information content (AvgIpc) is 3.47. The summed E-state index contributed by atoms with van der Waals surface area (Å²) >= 11 is 0. The zero-order chi connectivity index (χ0) is 27.1. The number of carbonyl (C=O) groups excluding carboxylic acids is 1. The van der Waals surface area contributed by atoms with E-state index in [2.05, 4.69) is 60.4 Å². The molecule has 2 heterocycles. The van der Waals surface area contributed by atoms with Gasteiger partial charge in [0.25, 0.3) is 0 Å². The second-order valence-electron chi connectivity index (χ2n) is 10.0. The summed E-state index contributed by atoms with van der Waals surface area (Å²) < 4.78 is 4.45. The Morgan fingerprint density at radius 1 is 0.875 bits per heavy atom. The standard InChI is InChI=1S/C33H30N4O2.Na/c1-4-9-30-35-31-21(2)18-24(32-34-27-12-7-8-13-28(27)36(32)3)19-29(31)37(30)20-22-14-16-23(17-15-22)25-10-5-6-11-26(25)33(38)39;/h5-8,10-19H,4,9,20H2,1-3H3,(H,38,39);/q;+1/p-1. The van der Waals surface area contributed by atoms with Crippen molar-refractivity contribution in [3.8, 4) is 22.5 Å². The molecule has 6 aromatic rings. The Labute approximate surface area is 255 Å². The topological polar surface area (TPSA) is 75.8 Å². The van der Waals surface area contributed by atoms with Crippen LogP contribution in [0.2, 0.25) is 0 Å². The zero-order valence-corrected chi connectivity index (χ0v) is 25.3. The van der Waals surface area contributed by atoms with Gasteiger partial charge in [0.05, 0.1) is 28.0 Å². The molecule has 0 amide bonds. The van der Waals surface area contributed by atoms with Crippen molar-refractivity contribution in [2.75, 3.05) is 0 Å². The number of nitrogens with zero attached hydrogens (tertiary/aromatic N) is 4. The van der Waals surface area contributed by atoms with E-state index in [0.29, 0.717) is 12.1 Å². The number of hydrogen-bond acceptors (Lipinski definition) is 4. The first-order valence-electron chi connectivity index (χ1n) is 13.3. The first kappa shape index (κ1) is 27.8. The number of aromatic nitrogens is 4. The Balaban J connectivity index is 0.00000323. The maximum Gasteiger partial charge on any atom is 1.00 e. The van der Waals surface area contributed by atoms with Crippen molar-refractivity contribution in [3.05, 3.63) is 107 Å². The molecule has 0 aliphatic rings. The largest absolute Gasteiger partial charge is 1.00 e. The van der Waals surface area contributed by atoms with Crippen molar-refractivity contribution in [2.24, 2.45) is 7.05 Å². The van der Waals surface area contributed by atoms with Crippen LogP contribution in [0.3, 0.4) is 0 Å². The Kier molecular flexibility index (Phi) is 7.95. The van der Waals surface area contributed by atoms with E-state index in [9.17, 15) is 9.90 Å². The van der Waals surface area contributed by atoms with Gasteiger partial charge >= 0.3 is 29.6 Å². The molecule has 0 aliphatic heterocycles. The van der Waals surface area contributed by atoms with Crippen LogP contribution in [-0.4, -0.2) is 25.1 Å². The minimum atomic E-state index is -1.17. The molecule has 0 bridgehead atoms. The summed E-state index contributed by atoms with van der Waals surface area (Å²) in [5, 5.41) is 11.6. The number of carboxylic acid groups (broad SMARTS) is 1. The molecule has 4 aromatic carbocycles. The Morgan fingerprint density at radius 2 is 1.60 bits per heavy atom. The molecule has 0 fully saturated rings. The molecule has 40 heavy (non-hydrogen) atoms. The van der Waals surface area contributed by atoms with Gasteiger partial charge in [-0.15, -0.1) is 0 Å². The number of para-hydroxylation sites is 2. The number of aryl methyl sites for hydroxylation is 3. The van der Waals surface area contributed by atoms with Crippen LogP contribution in [0, 0.1) is 6.92 Å². The van der Waals surface area contributed by atoms with Crippen LogP contribution in [-0.2, 0) is 20.0 Å². The van der Waals surface area contributed by atoms with Crippen molar-refractivity contribution < 1.29 is 39.5 Å². The monoisotopic (exact) mass is 536 g/mol. The quantitative estimate of drug-likeness (QED) is 0.294. The van der Waals surface area contributed by atoms with Crippen LogP contribution in [0.4, 0.5) is 0 Å². The SMILES string of the molecule is CCCc1nc2c(C)cc(-c3nc4ccccc4n3C)cc2n1Cc1ccc(-c2ccccc2C(=O)[O-])cc1.[Na+]. The fourth-order valence-corrected chi connectivity index (χ4v) is 5.45. The summed E-state index contributed by atoms with van der Waals surface area (Å²) in [6.45, 7) is 4.95. The van der Waals surface area contributed by atoms with E-state index in [1.807, 2.05) is 42.5 Å². The second-order valence-corrected chi connectivity index (χ2v) is 10.0. The van der Waals surface area contributed by atoms with Gasteiger partial charge in [-0.1, -0.05) is 67.6 Å². The van der Waals surface area contributed by atoms with Gasteiger partial charge in [0.15, 0.2) is 0 Å². The zero-order valence-electron chi connectivity index (χ0n) is 23.3. The maximum atomic E-state index is 11.6. The number of aromatic carboxylic acids is 1. The normalized spacial score (nSPS) is 11.2. The summed E-state index contributed by atoms with van der Waals surface area (Å²) in [7, 11) is 2.06. The average molecular weight is 537 g/mol. The van der Waals surface area contributed by atoms with Gasteiger partial charge < -0.3 is 19.0 Å². The minimum Gasteiger partial charge on any atom is -0.545 e. The third-order valence-electron chi connectivity index (χ3n) is 7.40. The molecular formula is C33H29N4NaO2. The van der Waals surface area contributed by atoms with E-state index in [-0.39, 0.29) is 35.1 Å². The number of carboxylic acids is 1. The molecule has 0 radical (unpaired) electrons. The Hall–Kier alpha value is -3.71. The molecule has 6 nitrogen and oxygen atoms in total. The van der Waals surface area contributed by atoms with Crippen LogP contribution >= 0.6 is 0 Å². The van der Waals surface area contributed by atoms with Gasteiger partial charge in [0, 0.05) is 31.1 Å². The van der Waals surface area contributed by atoms with Gasteiger partial charge in [0.2, 0.25) is 0 Å². The summed E-state index contributed by atoms with van der Waals surface area (Å²) in [6, 6.07) is 27.6. The van der Waals surface area contributed by atoms with Crippen molar-refractivity contribution in [2.45, 2.75) is 33.2 Å². The molecule has 7 heteroatoms. The van der Waals surface area contributed by atoms with Crippen LogP contribution in [0.1, 0.15) is 40.7 Å². The molecule has 0 N–H and O–H groups in total. The first-order chi connectivity index (χ1) is 18.9. The molecule has 0 unspecified atom stereocenters. The van der Waals surface area contributed by atoms with Crippen LogP contribution in [0.15, 0.2) is 84.9 Å². The molecular weight excluding hydrogens is 507 g/mol. The van der Waals surface area contributed by atoms with E-state index in [1.165, 1.54) is 0 Å². The van der Waals surface area contributed by atoms with E-state index >= 15 is 0 Å². The van der Waals surface area contributed by atoms with Crippen LogP contribution in [0.5, 0.6) is 0 Å². The fraction of sp³-hybridized carbons (Fsp3) is 0.182. The third-order valence-corrected chi connectivity index (χ3v) is 7.40. The second kappa shape index (κ2) is 11.4. The molecule has 194 valence electrons. The van der Waals surface area contributed by atoms with Gasteiger partial charge in [-0.25, -0.2) is 9.97 Å². The third kappa shape index (κ3) is 4.99. The van der Waals surface area contributed by atoms with Crippen molar-refractivity contribution in [1.82, 2.24) is 19.1 Å². The molecule has 0 aliphatic carbocycles. The molecule has 0 atom stereocenters.